The maximum absolute atomic E-state index is 10.0. The lowest BCUT2D eigenvalue weighted by Crippen LogP contribution is -1.93. The van der Waals surface area contributed by atoms with Gasteiger partial charge in [0.25, 0.3) is 0 Å². The highest BCUT2D eigenvalue weighted by Crippen LogP contribution is 1.81. The van der Waals surface area contributed by atoms with Crippen molar-refractivity contribution in [2.45, 2.75) is 13.3 Å². The zero-order valence-electron chi connectivity index (χ0n) is 3.88. The molecule has 0 saturated heterocycles. The normalized spacial score (nSPS) is 7.57. The van der Waals surface area contributed by atoms with E-state index in [-0.39, 0.29) is 0 Å². The van der Waals surface area contributed by atoms with Gasteiger partial charge in [-0.3, -0.25) is 0 Å². The number of rotatable bonds is 2. The summed E-state index contributed by atoms with van der Waals surface area (Å²) >= 11 is 3.98. The topological polar surface area (TPSA) is 38.7 Å². The number of hydrogen-bond donors (Lipinski definition) is 0. The quantitative estimate of drug-likeness (QED) is 0.499. The monoisotopic (exact) mass is 119 g/mol. The third kappa shape index (κ3) is 3.32. The molecule has 0 aromatic rings. The van der Waals surface area contributed by atoms with Crippen LogP contribution < -0.4 is 0 Å². The van der Waals surface area contributed by atoms with E-state index in [1.807, 2.05) is 0 Å². The molecular formula is C3H5NO2S. The van der Waals surface area contributed by atoms with Gasteiger partial charge in [-0.1, -0.05) is 6.92 Å². The molecule has 0 N–H and O–H groups in total. The van der Waals surface area contributed by atoms with Gasteiger partial charge >= 0.3 is 5.97 Å². The van der Waals surface area contributed by atoms with Gasteiger partial charge in [0.15, 0.2) is 0 Å². The molecule has 0 spiro atoms. The zero-order chi connectivity index (χ0) is 5.70. The predicted molar refractivity (Wildman–Crippen MR) is 26.2 cm³/mol. The van der Waals surface area contributed by atoms with Gasteiger partial charge in [0.1, 0.15) is 0 Å². The first-order chi connectivity index (χ1) is 3.31. The van der Waals surface area contributed by atoms with Gasteiger partial charge < -0.3 is 4.84 Å². The summed E-state index contributed by atoms with van der Waals surface area (Å²) in [7, 11) is 0. The van der Waals surface area contributed by atoms with Crippen LogP contribution in [0.15, 0.2) is 4.53 Å². The molecule has 0 aliphatic rings. The highest BCUT2D eigenvalue weighted by atomic mass is 32.1. The molecule has 0 amide bonds. The Hall–Kier alpha value is -0.510. The van der Waals surface area contributed by atoms with Crippen LogP contribution in [0.3, 0.4) is 0 Å². The molecule has 0 heterocycles. The van der Waals surface area contributed by atoms with Crippen molar-refractivity contribution in [3.63, 3.8) is 0 Å². The molecule has 0 aliphatic carbocycles. The van der Waals surface area contributed by atoms with Crippen LogP contribution in [0.4, 0.5) is 0 Å². The van der Waals surface area contributed by atoms with Crippen LogP contribution in [0.1, 0.15) is 13.3 Å². The zero-order valence-corrected chi connectivity index (χ0v) is 4.70. The Labute approximate surface area is 46.8 Å². The lowest BCUT2D eigenvalue weighted by atomic mass is 10.5. The Morgan fingerprint density at radius 1 is 2.00 bits per heavy atom. The molecule has 3 nitrogen and oxygen atoms in total. The van der Waals surface area contributed by atoms with E-state index in [0.717, 1.165) is 0 Å². The molecule has 0 saturated carbocycles. The molecule has 0 aliphatic heterocycles. The molecular weight excluding hydrogens is 114 g/mol. The molecule has 0 unspecified atom stereocenters. The van der Waals surface area contributed by atoms with E-state index >= 15 is 0 Å². The van der Waals surface area contributed by atoms with Crippen LogP contribution >= 0.6 is 0 Å². The minimum absolute atomic E-state index is 0.320. The number of nitrogens with zero attached hydrogens (tertiary/aromatic N) is 1. The van der Waals surface area contributed by atoms with E-state index in [2.05, 4.69) is 21.8 Å². The standard InChI is InChI=1S/C3H5NO2S/c1-2-3(5)6-4-7/h2H2,1H3. The molecule has 0 radical (unpaired) electrons. The Balaban J connectivity index is 3.17. The van der Waals surface area contributed by atoms with Crippen molar-refractivity contribution in [2.75, 3.05) is 0 Å². The summed E-state index contributed by atoms with van der Waals surface area (Å²) in [5, 5.41) is 0. The Kier molecular flexibility index (Phi) is 3.40. The van der Waals surface area contributed by atoms with Crippen LogP contribution in [-0.4, -0.2) is 5.97 Å². The summed E-state index contributed by atoms with van der Waals surface area (Å²) in [6, 6.07) is 0. The fourth-order valence-electron chi connectivity index (χ4n) is 0.106. The molecule has 0 rings (SSSR count). The van der Waals surface area contributed by atoms with Gasteiger partial charge in [0.2, 0.25) is 0 Å². The van der Waals surface area contributed by atoms with Gasteiger partial charge in [0.05, 0.1) is 12.4 Å². The van der Waals surface area contributed by atoms with Gasteiger partial charge in [-0.2, -0.15) is 0 Å². The minimum Gasteiger partial charge on any atom is -0.306 e. The Morgan fingerprint density at radius 2 is 2.57 bits per heavy atom. The van der Waals surface area contributed by atoms with E-state index in [9.17, 15) is 4.79 Å². The second-order valence-electron chi connectivity index (χ2n) is 0.891. The SMILES string of the molecule is CCC(=O)ON=S. The van der Waals surface area contributed by atoms with Crippen LogP contribution in [0.2, 0.25) is 0 Å². The third-order valence-electron chi connectivity index (χ3n) is 0.428. The van der Waals surface area contributed by atoms with Crippen molar-refractivity contribution >= 4 is 18.4 Å². The second kappa shape index (κ2) is 3.67. The van der Waals surface area contributed by atoms with Gasteiger partial charge in [-0.05, 0) is 4.53 Å². The summed E-state index contributed by atoms with van der Waals surface area (Å²) in [6.07, 6.45) is 0.320. The molecule has 0 bridgehead atoms. The van der Waals surface area contributed by atoms with Crippen LogP contribution in [0.25, 0.3) is 0 Å². The van der Waals surface area contributed by atoms with E-state index < -0.39 is 5.97 Å². The molecule has 4 heteroatoms. The lowest BCUT2D eigenvalue weighted by Gasteiger charge is -1.84. The molecule has 7 heavy (non-hydrogen) atoms. The lowest BCUT2D eigenvalue weighted by molar-refractivity contribution is -0.142. The second-order valence-corrected chi connectivity index (χ2v) is 1.04. The maximum Gasteiger partial charge on any atom is 0.335 e. The smallest absolute Gasteiger partial charge is 0.306 e. The molecule has 40 valence electrons. The van der Waals surface area contributed by atoms with E-state index in [0.29, 0.717) is 6.42 Å². The Bertz CT molecular complexity index is 83.0. The van der Waals surface area contributed by atoms with Gasteiger partial charge in [-0.25, -0.2) is 4.79 Å². The average Bonchev–Trinajstić information content (AvgIpc) is 1.68. The van der Waals surface area contributed by atoms with Crippen molar-refractivity contribution in [3.05, 3.63) is 0 Å². The first kappa shape index (κ1) is 6.49. The first-order valence-corrected chi connectivity index (χ1v) is 2.20. The summed E-state index contributed by atoms with van der Waals surface area (Å²) in [6.45, 7) is 1.67. The molecule has 0 aromatic heterocycles. The van der Waals surface area contributed by atoms with Crippen LogP contribution in [0.5, 0.6) is 0 Å². The van der Waals surface area contributed by atoms with E-state index in [4.69, 9.17) is 0 Å². The van der Waals surface area contributed by atoms with Crippen molar-refractivity contribution in [3.8, 4) is 0 Å². The highest BCUT2D eigenvalue weighted by molar-refractivity contribution is 7.47. The molecule has 0 fully saturated rings. The average molecular weight is 119 g/mol. The number of hydrogen-bond acceptors (Lipinski definition) is 4. The summed E-state index contributed by atoms with van der Waals surface area (Å²) in [5.41, 5.74) is 0. The first-order valence-electron chi connectivity index (χ1n) is 1.83. The van der Waals surface area contributed by atoms with Crippen molar-refractivity contribution in [1.82, 2.24) is 0 Å². The van der Waals surface area contributed by atoms with E-state index in [1.54, 1.807) is 6.92 Å². The maximum atomic E-state index is 10.0. The predicted octanol–water partition coefficient (Wildman–Crippen LogP) is 0.585. The highest BCUT2D eigenvalue weighted by Gasteiger charge is 1.92. The van der Waals surface area contributed by atoms with Crippen LogP contribution in [-0.2, 0) is 22.1 Å². The summed E-state index contributed by atoms with van der Waals surface area (Å²) in [4.78, 5) is 14.0. The number of carbonyl (C=O) groups excluding carboxylic acids is 1. The Morgan fingerprint density at radius 3 is 2.71 bits per heavy atom. The van der Waals surface area contributed by atoms with Crippen molar-refractivity contribution in [1.29, 1.82) is 0 Å². The van der Waals surface area contributed by atoms with Gasteiger partial charge in [-0.15, -0.1) is 0 Å². The fraction of sp³-hybridized carbons (Fsp3) is 0.667. The van der Waals surface area contributed by atoms with Crippen LogP contribution in [0, 0.1) is 0 Å². The van der Waals surface area contributed by atoms with E-state index in [1.165, 1.54) is 0 Å². The minimum atomic E-state index is -0.394. The largest absolute Gasteiger partial charge is 0.335 e. The van der Waals surface area contributed by atoms with Crippen molar-refractivity contribution < 1.29 is 9.63 Å². The molecule has 0 atom stereocenters. The van der Waals surface area contributed by atoms with Crippen molar-refractivity contribution in [2.24, 2.45) is 4.53 Å². The number of carbonyl (C=O) groups is 1. The summed E-state index contributed by atoms with van der Waals surface area (Å²) < 4.78 is 2.74. The molecule has 0 aromatic carbocycles. The fourth-order valence-corrected chi connectivity index (χ4v) is 0.189. The summed E-state index contributed by atoms with van der Waals surface area (Å²) in [5.74, 6) is -0.394. The third-order valence-corrected chi connectivity index (χ3v) is 0.502. The van der Waals surface area contributed by atoms with Gasteiger partial charge in [0, 0.05) is 6.42 Å².